The fourth-order valence-corrected chi connectivity index (χ4v) is 4.29. The Kier molecular flexibility index (Phi) is 8.12. The van der Waals surface area contributed by atoms with Crippen LogP contribution in [0, 0.1) is 29.1 Å². The van der Waals surface area contributed by atoms with Crippen molar-refractivity contribution in [1.82, 2.24) is 0 Å². The van der Waals surface area contributed by atoms with E-state index in [-0.39, 0.29) is 25.2 Å². The third kappa shape index (κ3) is 4.99. The molecule has 0 fully saturated rings. The highest BCUT2D eigenvalue weighted by Gasteiger charge is 2.39. The first-order valence-corrected chi connectivity index (χ1v) is 9.50. The van der Waals surface area contributed by atoms with Crippen molar-refractivity contribution in [2.24, 2.45) is 0 Å². The van der Waals surface area contributed by atoms with E-state index in [1.54, 1.807) is 13.8 Å². The van der Waals surface area contributed by atoms with Crippen molar-refractivity contribution < 1.29 is 44.8 Å². The molecule has 26 heavy (non-hydrogen) atoms. The first kappa shape index (κ1) is 22.5. The number of hydrogen-bond acceptors (Lipinski definition) is 5. The molecule has 0 aliphatic carbocycles. The molecular weight excluding hydrogens is 383 g/mol. The van der Waals surface area contributed by atoms with Gasteiger partial charge in [-0.15, -0.1) is 0 Å². The van der Waals surface area contributed by atoms with Crippen LogP contribution in [0.4, 0.5) is 22.0 Å². The van der Waals surface area contributed by atoms with Gasteiger partial charge in [0.05, 0.1) is 6.61 Å². The molecule has 148 valence electrons. The largest absolute Gasteiger partial charge is 0.500 e. The van der Waals surface area contributed by atoms with Crippen LogP contribution in [0.1, 0.15) is 30.6 Å². The second-order valence-electron chi connectivity index (χ2n) is 5.44. The minimum atomic E-state index is -3.01. The average molecular weight is 402 g/mol. The van der Waals surface area contributed by atoms with Crippen molar-refractivity contribution >= 4 is 14.8 Å². The zero-order chi connectivity index (χ0) is 20.1. The molecule has 0 saturated heterocycles. The van der Waals surface area contributed by atoms with Gasteiger partial charge < -0.3 is 18.0 Å². The number of carbonyl (C=O) groups excluding carboxylic acids is 1. The fourth-order valence-electron chi connectivity index (χ4n) is 2.11. The lowest BCUT2D eigenvalue weighted by molar-refractivity contribution is 0.0455. The summed E-state index contributed by atoms with van der Waals surface area (Å²) in [6.07, 6.45) is -0.0700. The summed E-state index contributed by atoms with van der Waals surface area (Å²) in [5.41, 5.74) is -1.64. The molecule has 1 aromatic carbocycles. The molecule has 0 heterocycles. The average Bonchev–Trinajstić information content (AvgIpc) is 2.60. The Morgan fingerprint density at radius 1 is 0.923 bits per heavy atom. The van der Waals surface area contributed by atoms with Crippen LogP contribution in [0.25, 0.3) is 0 Å². The lowest BCUT2D eigenvalue weighted by Gasteiger charge is -2.28. The van der Waals surface area contributed by atoms with E-state index >= 15 is 0 Å². The third-order valence-corrected chi connectivity index (χ3v) is 6.35. The molecule has 1 aromatic rings. The first-order chi connectivity index (χ1) is 12.1. The molecule has 0 spiro atoms. The minimum absolute atomic E-state index is 0.127. The van der Waals surface area contributed by atoms with Gasteiger partial charge in [-0.2, -0.15) is 0 Å². The summed E-state index contributed by atoms with van der Waals surface area (Å²) in [6, 6.07) is 0.211. The van der Waals surface area contributed by atoms with Crippen molar-refractivity contribution in [3.63, 3.8) is 0 Å². The Morgan fingerprint density at radius 3 is 1.81 bits per heavy atom. The second-order valence-corrected chi connectivity index (χ2v) is 8.36. The quantitative estimate of drug-likeness (QED) is 0.158. The second kappa shape index (κ2) is 9.40. The Hall–Kier alpha value is -1.56. The van der Waals surface area contributed by atoms with Gasteiger partial charge in [-0.1, -0.05) is 0 Å². The van der Waals surface area contributed by atoms with E-state index in [0.29, 0.717) is 0 Å². The number of esters is 1. The smallest absolute Gasteiger partial charge is 0.462 e. The molecular formula is C15H19F5O5Si. The van der Waals surface area contributed by atoms with Gasteiger partial charge in [0.2, 0.25) is 5.82 Å². The van der Waals surface area contributed by atoms with E-state index in [9.17, 15) is 26.7 Å². The number of rotatable bonds is 9. The summed E-state index contributed by atoms with van der Waals surface area (Å²) in [5.74, 6) is -12.9. The highest BCUT2D eigenvalue weighted by Crippen LogP contribution is 2.24. The van der Waals surface area contributed by atoms with Crippen LogP contribution < -0.4 is 0 Å². The standard InChI is InChI=1S/C15H19F5O5Si/c1-8(2)25-26(22-3,23-4)7-5-6-24-15(21)9-10(16)12(18)14(20)13(19)11(9)17/h8H,5-7H2,1-4H3. The van der Waals surface area contributed by atoms with Crippen molar-refractivity contribution in [3.8, 4) is 0 Å². The highest BCUT2D eigenvalue weighted by atomic mass is 28.4. The summed E-state index contributed by atoms with van der Waals surface area (Å²) in [4.78, 5) is 11.7. The van der Waals surface area contributed by atoms with Gasteiger partial charge in [0, 0.05) is 26.4 Å². The topological polar surface area (TPSA) is 54.0 Å². The molecule has 0 aromatic heterocycles. The predicted octanol–water partition coefficient (Wildman–Crippen LogP) is 3.59. The molecule has 0 radical (unpaired) electrons. The van der Waals surface area contributed by atoms with Gasteiger partial charge in [0.15, 0.2) is 23.3 Å². The maximum atomic E-state index is 13.5. The lowest BCUT2D eigenvalue weighted by atomic mass is 10.1. The first-order valence-electron chi connectivity index (χ1n) is 7.56. The summed E-state index contributed by atoms with van der Waals surface area (Å²) in [5, 5.41) is 0. The van der Waals surface area contributed by atoms with Crippen molar-refractivity contribution in [2.75, 3.05) is 20.8 Å². The summed E-state index contributed by atoms with van der Waals surface area (Å²) >= 11 is 0. The molecule has 11 heteroatoms. The Morgan fingerprint density at radius 2 is 1.38 bits per heavy atom. The van der Waals surface area contributed by atoms with Crippen LogP contribution >= 0.6 is 0 Å². The van der Waals surface area contributed by atoms with Gasteiger partial charge >= 0.3 is 14.8 Å². The Bertz CT molecular complexity index is 623. The summed E-state index contributed by atoms with van der Waals surface area (Å²) in [6.45, 7) is 3.17. The zero-order valence-corrected chi connectivity index (χ0v) is 15.6. The molecule has 0 saturated carbocycles. The van der Waals surface area contributed by atoms with Crippen LogP contribution in [0.15, 0.2) is 0 Å². The van der Waals surface area contributed by atoms with Gasteiger partial charge in [0.1, 0.15) is 5.56 Å². The van der Waals surface area contributed by atoms with E-state index in [2.05, 4.69) is 4.74 Å². The summed E-state index contributed by atoms with van der Waals surface area (Å²) in [7, 11) is -0.238. The monoisotopic (exact) mass is 402 g/mol. The minimum Gasteiger partial charge on any atom is -0.462 e. The highest BCUT2D eigenvalue weighted by molar-refractivity contribution is 6.60. The fraction of sp³-hybridized carbons (Fsp3) is 0.533. The Balaban J connectivity index is 2.77. The molecule has 0 N–H and O–H groups in total. The van der Waals surface area contributed by atoms with Crippen molar-refractivity contribution in [3.05, 3.63) is 34.6 Å². The van der Waals surface area contributed by atoms with Crippen LogP contribution in [0.5, 0.6) is 0 Å². The van der Waals surface area contributed by atoms with E-state index in [4.69, 9.17) is 13.3 Å². The van der Waals surface area contributed by atoms with E-state index in [1.807, 2.05) is 0 Å². The number of ether oxygens (including phenoxy) is 1. The van der Waals surface area contributed by atoms with Crippen LogP contribution in [0.3, 0.4) is 0 Å². The molecule has 0 aliphatic rings. The summed E-state index contributed by atoms with van der Waals surface area (Å²) < 4.78 is 87.0. The van der Waals surface area contributed by atoms with Crippen LogP contribution in [0.2, 0.25) is 6.04 Å². The number of carbonyl (C=O) groups is 1. The maximum Gasteiger partial charge on any atom is 0.500 e. The van der Waals surface area contributed by atoms with Crippen molar-refractivity contribution in [2.45, 2.75) is 32.4 Å². The van der Waals surface area contributed by atoms with Gasteiger partial charge in [0.25, 0.3) is 0 Å². The normalized spacial score (nSPS) is 11.9. The predicted molar refractivity (Wildman–Crippen MR) is 81.9 cm³/mol. The van der Waals surface area contributed by atoms with Gasteiger partial charge in [-0.05, 0) is 20.3 Å². The molecule has 0 bridgehead atoms. The molecule has 5 nitrogen and oxygen atoms in total. The third-order valence-electron chi connectivity index (χ3n) is 3.31. The number of halogens is 5. The number of benzene rings is 1. The number of hydrogen-bond donors (Lipinski definition) is 0. The van der Waals surface area contributed by atoms with E-state index < -0.39 is 49.4 Å². The van der Waals surface area contributed by atoms with Gasteiger partial charge in [-0.3, -0.25) is 0 Å². The lowest BCUT2D eigenvalue weighted by Crippen LogP contribution is -2.45. The van der Waals surface area contributed by atoms with E-state index in [0.717, 1.165) is 0 Å². The molecule has 0 unspecified atom stereocenters. The van der Waals surface area contributed by atoms with E-state index in [1.165, 1.54) is 14.2 Å². The van der Waals surface area contributed by atoms with Crippen LogP contribution in [-0.4, -0.2) is 41.7 Å². The molecule has 0 aliphatic heterocycles. The Labute approximate surface area is 148 Å². The zero-order valence-electron chi connectivity index (χ0n) is 14.6. The maximum absolute atomic E-state index is 13.5. The van der Waals surface area contributed by atoms with Crippen molar-refractivity contribution in [1.29, 1.82) is 0 Å². The molecule has 1 rings (SSSR count). The SMILES string of the molecule is CO[Si](CCCOC(=O)c1c(F)c(F)c(F)c(F)c1F)(OC)OC(C)C. The van der Waals surface area contributed by atoms with Crippen LogP contribution in [-0.2, 0) is 18.0 Å². The molecule has 0 amide bonds. The van der Waals surface area contributed by atoms with Gasteiger partial charge in [-0.25, -0.2) is 26.7 Å². The molecule has 0 atom stereocenters.